The molecule has 0 saturated heterocycles. The molecule has 5 nitrogen and oxygen atoms in total. The number of nitrogens with one attached hydrogen (secondary N) is 1. The van der Waals surface area contributed by atoms with Gasteiger partial charge in [-0.25, -0.2) is 5.43 Å². The monoisotopic (exact) mass is 352 g/mol. The van der Waals surface area contributed by atoms with Crippen LogP contribution in [0.4, 0.5) is 0 Å². The summed E-state index contributed by atoms with van der Waals surface area (Å²) >= 11 is 5.87. The average Bonchev–Trinajstić information content (AvgIpc) is 3.07. The summed E-state index contributed by atoms with van der Waals surface area (Å²) in [4.78, 5) is 12.1. The molecule has 0 aliphatic carbocycles. The third-order valence-electron chi connectivity index (χ3n) is 3.69. The Labute approximate surface area is 150 Å². The van der Waals surface area contributed by atoms with Crippen molar-refractivity contribution in [2.75, 3.05) is 0 Å². The second-order valence-corrected chi connectivity index (χ2v) is 6.02. The van der Waals surface area contributed by atoms with Crippen molar-refractivity contribution in [3.05, 3.63) is 88.2 Å². The van der Waals surface area contributed by atoms with Crippen LogP contribution in [-0.4, -0.2) is 21.9 Å². The van der Waals surface area contributed by atoms with Gasteiger partial charge in [-0.2, -0.15) is 10.2 Å². The summed E-state index contributed by atoms with van der Waals surface area (Å²) in [6, 6.07) is 17.0. The maximum atomic E-state index is 12.1. The number of rotatable bonds is 5. The Balaban J connectivity index is 1.60. The fourth-order valence-electron chi connectivity index (χ4n) is 2.30. The zero-order valence-electron chi connectivity index (χ0n) is 13.7. The minimum Gasteiger partial charge on any atom is -0.268 e. The number of hydrazone groups is 1. The topological polar surface area (TPSA) is 59.3 Å². The Morgan fingerprint density at radius 2 is 1.96 bits per heavy atom. The van der Waals surface area contributed by atoms with Gasteiger partial charge in [0.2, 0.25) is 0 Å². The molecule has 3 aromatic rings. The van der Waals surface area contributed by atoms with E-state index >= 15 is 0 Å². The highest BCUT2D eigenvalue weighted by molar-refractivity contribution is 6.30. The van der Waals surface area contributed by atoms with Crippen LogP contribution in [0.25, 0.3) is 0 Å². The number of carbonyl (C=O) groups excluding carboxylic acids is 1. The first-order chi connectivity index (χ1) is 12.1. The van der Waals surface area contributed by atoms with E-state index in [2.05, 4.69) is 15.6 Å². The third kappa shape index (κ3) is 4.55. The number of halogens is 1. The van der Waals surface area contributed by atoms with Gasteiger partial charge < -0.3 is 0 Å². The van der Waals surface area contributed by atoms with Crippen LogP contribution in [0.15, 0.2) is 65.9 Å². The van der Waals surface area contributed by atoms with E-state index in [1.165, 1.54) is 0 Å². The van der Waals surface area contributed by atoms with E-state index in [1.807, 2.05) is 55.5 Å². The molecular weight excluding hydrogens is 336 g/mol. The van der Waals surface area contributed by atoms with E-state index in [1.54, 1.807) is 23.2 Å². The second-order valence-electron chi connectivity index (χ2n) is 5.58. The molecule has 0 fully saturated rings. The van der Waals surface area contributed by atoms with E-state index in [-0.39, 0.29) is 5.91 Å². The van der Waals surface area contributed by atoms with Crippen molar-refractivity contribution >= 4 is 23.7 Å². The molecule has 0 aliphatic heterocycles. The summed E-state index contributed by atoms with van der Waals surface area (Å²) in [5.74, 6) is -0.348. The minimum atomic E-state index is -0.348. The van der Waals surface area contributed by atoms with Crippen LogP contribution in [-0.2, 0) is 6.54 Å². The first-order valence-corrected chi connectivity index (χ1v) is 8.16. The molecule has 25 heavy (non-hydrogen) atoms. The Bertz CT molecular complexity index is 900. The molecule has 0 aliphatic rings. The van der Waals surface area contributed by atoms with Gasteiger partial charge in [-0.05, 0) is 41.8 Å². The Kier molecular flexibility index (Phi) is 5.26. The van der Waals surface area contributed by atoms with Crippen molar-refractivity contribution in [2.24, 2.45) is 5.10 Å². The molecule has 6 heteroatoms. The number of nitrogens with zero attached hydrogens (tertiary/aromatic N) is 3. The predicted octanol–water partition coefficient (Wildman–Crippen LogP) is 3.66. The first-order valence-electron chi connectivity index (χ1n) is 7.79. The highest BCUT2D eigenvalue weighted by Gasteiger charge is 2.08. The molecule has 0 bridgehead atoms. The lowest BCUT2D eigenvalue weighted by Gasteiger charge is -2.02. The molecule has 0 unspecified atom stereocenters. The number of aromatic nitrogens is 2. The maximum absolute atomic E-state index is 12.1. The minimum absolute atomic E-state index is 0.316. The van der Waals surface area contributed by atoms with E-state index in [0.717, 1.165) is 16.7 Å². The van der Waals surface area contributed by atoms with E-state index in [4.69, 9.17) is 11.6 Å². The van der Waals surface area contributed by atoms with E-state index in [0.29, 0.717) is 17.3 Å². The smallest absolute Gasteiger partial charge is 0.268 e. The molecule has 2 aromatic carbocycles. The average molecular weight is 353 g/mol. The van der Waals surface area contributed by atoms with Gasteiger partial charge in [0.15, 0.2) is 5.69 Å². The zero-order chi connectivity index (χ0) is 17.6. The fraction of sp³-hybridized carbons (Fsp3) is 0.105. The van der Waals surface area contributed by atoms with Crippen molar-refractivity contribution in [3.8, 4) is 0 Å². The van der Waals surface area contributed by atoms with Gasteiger partial charge in [0.05, 0.1) is 12.8 Å². The van der Waals surface area contributed by atoms with Gasteiger partial charge in [0.25, 0.3) is 5.91 Å². The molecule has 3 rings (SSSR count). The van der Waals surface area contributed by atoms with Crippen LogP contribution in [0.5, 0.6) is 0 Å². The van der Waals surface area contributed by atoms with Gasteiger partial charge >= 0.3 is 0 Å². The molecule has 1 amide bonds. The van der Waals surface area contributed by atoms with Crippen LogP contribution in [0, 0.1) is 6.92 Å². The molecule has 0 atom stereocenters. The predicted molar refractivity (Wildman–Crippen MR) is 99.0 cm³/mol. The molecule has 126 valence electrons. The van der Waals surface area contributed by atoms with Crippen molar-refractivity contribution < 1.29 is 4.79 Å². The molecule has 1 aromatic heterocycles. The largest absolute Gasteiger partial charge is 0.291 e. The number of benzene rings is 2. The number of aryl methyl sites for hydroxylation is 1. The second kappa shape index (κ2) is 7.77. The fourth-order valence-corrected chi connectivity index (χ4v) is 2.42. The maximum Gasteiger partial charge on any atom is 0.291 e. The van der Waals surface area contributed by atoms with Crippen LogP contribution < -0.4 is 5.43 Å². The lowest BCUT2D eigenvalue weighted by Crippen LogP contribution is -2.18. The molecule has 1 N–H and O–H groups in total. The molecule has 1 heterocycles. The van der Waals surface area contributed by atoms with Crippen LogP contribution in [0.2, 0.25) is 5.02 Å². The summed E-state index contributed by atoms with van der Waals surface area (Å²) in [7, 11) is 0. The Morgan fingerprint density at radius 1 is 1.20 bits per heavy atom. The molecule has 0 spiro atoms. The molecular formula is C19H17ClN4O. The summed E-state index contributed by atoms with van der Waals surface area (Å²) in [6.07, 6.45) is 3.38. The Morgan fingerprint density at radius 3 is 2.72 bits per heavy atom. The van der Waals surface area contributed by atoms with Crippen molar-refractivity contribution in [1.29, 1.82) is 0 Å². The third-order valence-corrected chi connectivity index (χ3v) is 3.94. The SMILES string of the molecule is Cc1ccccc1C=NNC(=O)c1ccn(Cc2ccc(Cl)cc2)n1. The van der Waals surface area contributed by atoms with Gasteiger partial charge in [-0.1, -0.05) is 48.0 Å². The number of amides is 1. The number of hydrogen-bond acceptors (Lipinski definition) is 3. The van der Waals surface area contributed by atoms with E-state index in [9.17, 15) is 4.79 Å². The van der Waals surface area contributed by atoms with Crippen molar-refractivity contribution in [3.63, 3.8) is 0 Å². The molecule has 0 radical (unpaired) electrons. The van der Waals surface area contributed by atoms with Gasteiger partial charge in [0.1, 0.15) is 0 Å². The molecule has 0 saturated carbocycles. The van der Waals surface area contributed by atoms with Gasteiger partial charge in [-0.15, -0.1) is 0 Å². The van der Waals surface area contributed by atoms with Crippen LogP contribution >= 0.6 is 11.6 Å². The number of hydrogen-bond donors (Lipinski definition) is 1. The zero-order valence-corrected chi connectivity index (χ0v) is 14.4. The van der Waals surface area contributed by atoms with Crippen LogP contribution in [0.3, 0.4) is 0 Å². The first kappa shape index (κ1) is 16.9. The lowest BCUT2D eigenvalue weighted by molar-refractivity contribution is 0.0949. The van der Waals surface area contributed by atoms with Gasteiger partial charge in [-0.3, -0.25) is 9.48 Å². The standard InChI is InChI=1S/C19H17ClN4O/c1-14-4-2-3-5-16(14)12-21-22-19(25)18-10-11-24(23-18)13-15-6-8-17(20)9-7-15/h2-12H,13H2,1H3,(H,22,25). The van der Waals surface area contributed by atoms with Crippen molar-refractivity contribution in [2.45, 2.75) is 13.5 Å². The highest BCUT2D eigenvalue weighted by atomic mass is 35.5. The summed E-state index contributed by atoms with van der Waals surface area (Å²) in [5.41, 5.74) is 5.91. The lowest BCUT2D eigenvalue weighted by atomic mass is 10.1. The van der Waals surface area contributed by atoms with Crippen molar-refractivity contribution in [1.82, 2.24) is 15.2 Å². The van der Waals surface area contributed by atoms with Crippen LogP contribution in [0.1, 0.15) is 27.2 Å². The summed E-state index contributed by atoms with van der Waals surface area (Å²) in [5, 5.41) is 8.95. The quantitative estimate of drug-likeness (QED) is 0.562. The summed E-state index contributed by atoms with van der Waals surface area (Å²) < 4.78 is 1.70. The number of carbonyl (C=O) groups is 1. The summed E-state index contributed by atoms with van der Waals surface area (Å²) in [6.45, 7) is 2.55. The van der Waals surface area contributed by atoms with E-state index < -0.39 is 0 Å². The Hall–Kier alpha value is -2.92. The highest BCUT2D eigenvalue weighted by Crippen LogP contribution is 2.10. The van der Waals surface area contributed by atoms with Gasteiger partial charge in [0, 0.05) is 11.2 Å². The normalized spacial score (nSPS) is 11.0.